The number of carbonyl (C=O) groups excluding carboxylic acids is 1. The number of benzene rings is 2. The second-order valence-corrected chi connectivity index (χ2v) is 10.7. The molecule has 7 nitrogen and oxygen atoms in total. The van der Waals surface area contributed by atoms with Gasteiger partial charge in [-0.05, 0) is 56.7 Å². The van der Waals surface area contributed by atoms with E-state index in [1.54, 1.807) is 17.0 Å². The molecule has 1 amide bonds. The van der Waals surface area contributed by atoms with E-state index in [-0.39, 0.29) is 18.3 Å². The van der Waals surface area contributed by atoms with Crippen LogP contribution in [-0.4, -0.2) is 57.5 Å². The molecule has 2 heterocycles. The third-order valence-corrected chi connectivity index (χ3v) is 7.02. The SMILES string of the molecule is CC(C)OC(=O)N1CCC(Oc2cccc3c2CCN3c2ccc(S(C)(=O)=O)cc2)CC1. The molecule has 4 rings (SSSR count). The van der Waals surface area contributed by atoms with E-state index in [0.29, 0.717) is 18.0 Å². The third kappa shape index (κ3) is 4.85. The number of ether oxygens (including phenoxy) is 2. The zero-order valence-electron chi connectivity index (χ0n) is 18.8. The van der Waals surface area contributed by atoms with Crippen LogP contribution in [0.4, 0.5) is 16.2 Å². The van der Waals surface area contributed by atoms with Gasteiger partial charge in [-0.25, -0.2) is 13.2 Å². The Morgan fingerprint density at radius 1 is 1.03 bits per heavy atom. The minimum Gasteiger partial charge on any atom is -0.490 e. The Labute approximate surface area is 189 Å². The smallest absolute Gasteiger partial charge is 0.410 e. The highest BCUT2D eigenvalue weighted by Crippen LogP contribution is 2.40. The standard InChI is InChI=1S/C24H30N2O5S/c1-17(2)30-24(27)25-14-11-19(12-15-25)31-23-6-4-5-22-21(23)13-16-26(22)18-7-9-20(10-8-18)32(3,28)29/h4-10,17,19H,11-16H2,1-3H3. The van der Waals surface area contributed by atoms with E-state index in [0.717, 1.165) is 42.9 Å². The Balaban J connectivity index is 1.43. The molecule has 2 aliphatic heterocycles. The van der Waals surface area contributed by atoms with Gasteiger partial charge in [0, 0.05) is 55.7 Å². The van der Waals surface area contributed by atoms with Crippen LogP contribution in [0.5, 0.6) is 5.75 Å². The molecular formula is C24H30N2O5S. The first kappa shape index (κ1) is 22.5. The number of sulfone groups is 1. The van der Waals surface area contributed by atoms with Gasteiger partial charge in [0.2, 0.25) is 0 Å². The summed E-state index contributed by atoms with van der Waals surface area (Å²) in [5, 5.41) is 0. The van der Waals surface area contributed by atoms with Gasteiger partial charge in [-0.3, -0.25) is 0 Å². The van der Waals surface area contributed by atoms with Gasteiger partial charge in [-0.15, -0.1) is 0 Å². The first-order valence-electron chi connectivity index (χ1n) is 11.0. The zero-order valence-corrected chi connectivity index (χ0v) is 19.6. The van der Waals surface area contributed by atoms with Gasteiger partial charge < -0.3 is 19.3 Å². The fraction of sp³-hybridized carbons (Fsp3) is 0.458. The fourth-order valence-corrected chi connectivity index (χ4v) is 4.90. The Morgan fingerprint density at radius 3 is 2.34 bits per heavy atom. The molecule has 1 fully saturated rings. The van der Waals surface area contributed by atoms with Crippen molar-refractivity contribution >= 4 is 27.3 Å². The molecule has 0 saturated carbocycles. The number of amides is 1. The third-order valence-electron chi connectivity index (χ3n) is 5.89. The molecule has 172 valence electrons. The molecule has 32 heavy (non-hydrogen) atoms. The summed E-state index contributed by atoms with van der Waals surface area (Å²) < 4.78 is 35.1. The highest BCUT2D eigenvalue weighted by molar-refractivity contribution is 7.90. The van der Waals surface area contributed by atoms with Gasteiger partial charge in [0.15, 0.2) is 9.84 Å². The van der Waals surface area contributed by atoms with Crippen LogP contribution in [0.2, 0.25) is 0 Å². The lowest BCUT2D eigenvalue weighted by Gasteiger charge is -2.32. The van der Waals surface area contributed by atoms with Crippen LogP contribution < -0.4 is 9.64 Å². The molecule has 0 spiro atoms. The molecule has 0 bridgehead atoms. The van der Waals surface area contributed by atoms with Crippen molar-refractivity contribution in [2.75, 3.05) is 30.8 Å². The molecule has 0 N–H and O–H groups in total. The van der Waals surface area contributed by atoms with E-state index >= 15 is 0 Å². The minimum atomic E-state index is -3.21. The number of fused-ring (bicyclic) bond motifs is 1. The maximum atomic E-state index is 12.1. The summed E-state index contributed by atoms with van der Waals surface area (Å²) in [5.41, 5.74) is 3.22. The van der Waals surface area contributed by atoms with E-state index in [2.05, 4.69) is 11.0 Å². The van der Waals surface area contributed by atoms with E-state index in [9.17, 15) is 13.2 Å². The van der Waals surface area contributed by atoms with Crippen LogP contribution in [0, 0.1) is 0 Å². The summed E-state index contributed by atoms with van der Waals surface area (Å²) in [5.74, 6) is 0.890. The predicted octanol–water partition coefficient (Wildman–Crippen LogP) is 4.17. The molecule has 2 aromatic carbocycles. The minimum absolute atomic E-state index is 0.0627. The van der Waals surface area contributed by atoms with Gasteiger partial charge in [0.25, 0.3) is 0 Å². The summed E-state index contributed by atoms with van der Waals surface area (Å²) in [6.45, 7) is 5.78. The number of rotatable bonds is 5. The van der Waals surface area contributed by atoms with Gasteiger partial charge in [0.1, 0.15) is 11.9 Å². The normalized spacial score (nSPS) is 16.9. The summed E-state index contributed by atoms with van der Waals surface area (Å²) in [4.78, 5) is 16.4. The molecule has 0 aliphatic carbocycles. The van der Waals surface area contributed by atoms with E-state index < -0.39 is 9.84 Å². The van der Waals surface area contributed by atoms with Crippen LogP contribution in [0.1, 0.15) is 32.3 Å². The number of anilines is 2. The highest BCUT2D eigenvalue weighted by Gasteiger charge is 2.28. The van der Waals surface area contributed by atoms with E-state index in [1.807, 2.05) is 38.1 Å². The van der Waals surface area contributed by atoms with Crippen molar-refractivity contribution in [1.29, 1.82) is 0 Å². The molecule has 2 aliphatic rings. The van der Waals surface area contributed by atoms with Gasteiger partial charge in [0.05, 0.1) is 11.0 Å². The Kier molecular flexibility index (Phi) is 6.33. The highest BCUT2D eigenvalue weighted by atomic mass is 32.2. The first-order valence-corrected chi connectivity index (χ1v) is 12.9. The zero-order chi connectivity index (χ0) is 22.9. The second-order valence-electron chi connectivity index (χ2n) is 8.66. The average molecular weight is 459 g/mol. The summed E-state index contributed by atoms with van der Waals surface area (Å²) in [6.07, 6.45) is 3.31. The lowest BCUT2D eigenvalue weighted by Crippen LogP contribution is -2.42. The van der Waals surface area contributed by atoms with Crippen molar-refractivity contribution in [1.82, 2.24) is 4.90 Å². The Bertz CT molecular complexity index is 1070. The molecule has 0 aromatic heterocycles. The van der Waals surface area contributed by atoms with Crippen molar-refractivity contribution < 1.29 is 22.7 Å². The number of nitrogens with zero attached hydrogens (tertiary/aromatic N) is 2. The first-order chi connectivity index (χ1) is 15.2. The molecular weight excluding hydrogens is 428 g/mol. The van der Waals surface area contributed by atoms with Gasteiger partial charge >= 0.3 is 6.09 Å². The lowest BCUT2D eigenvalue weighted by atomic mass is 10.1. The van der Waals surface area contributed by atoms with Gasteiger partial charge in [-0.2, -0.15) is 0 Å². The van der Waals surface area contributed by atoms with E-state index in [4.69, 9.17) is 9.47 Å². The molecule has 0 atom stereocenters. The molecule has 8 heteroatoms. The Hall–Kier alpha value is -2.74. The van der Waals surface area contributed by atoms with Crippen LogP contribution in [0.3, 0.4) is 0 Å². The van der Waals surface area contributed by atoms with Crippen LogP contribution >= 0.6 is 0 Å². The number of hydrogen-bond acceptors (Lipinski definition) is 6. The average Bonchev–Trinajstić information content (AvgIpc) is 3.18. The van der Waals surface area contributed by atoms with Crippen LogP contribution in [-0.2, 0) is 21.0 Å². The molecule has 2 aromatic rings. The monoisotopic (exact) mass is 458 g/mol. The maximum absolute atomic E-state index is 12.1. The summed E-state index contributed by atoms with van der Waals surface area (Å²) in [6, 6.07) is 13.1. The molecule has 1 saturated heterocycles. The molecule has 0 unspecified atom stereocenters. The van der Waals surface area contributed by atoms with Crippen LogP contribution in [0.25, 0.3) is 0 Å². The van der Waals surface area contributed by atoms with Crippen molar-refractivity contribution in [3.8, 4) is 5.75 Å². The van der Waals surface area contributed by atoms with Gasteiger partial charge in [-0.1, -0.05) is 6.07 Å². The Morgan fingerprint density at radius 2 is 1.72 bits per heavy atom. The van der Waals surface area contributed by atoms with Crippen molar-refractivity contribution in [2.24, 2.45) is 0 Å². The molecule has 0 radical (unpaired) electrons. The number of hydrogen-bond donors (Lipinski definition) is 0. The van der Waals surface area contributed by atoms with Crippen LogP contribution in [0.15, 0.2) is 47.4 Å². The maximum Gasteiger partial charge on any atom is 0.410 e. The largest absolute Gasteiger partial charge is 0.490 e. The van der Waals surface area contributed by atoms with Crippen molar-refractivity contribution in [2.45, 2.75) is 50.2 Å². The predicted molar refractivity (Wildman–Crippen MR) is 124 cm³/mol. The quantitative estimate of drug-likeness (QED) is 0.669. The summed E-state index contributed by atoms with van der Waals surface area (Å²) in [7, 11) is -3.21. The lowest BCUT2D eigenvalue weighted by molar-refractivity contribution is 0.0515. The topological polar surface area (TPSA) is 76.2 Å². The van der Waals surface area contributed by atoms with E-state index in [1.165, 1.54) is 11.8 Å². The fourth-order valence-electron chi connectivity index (χ4n) is 4.27. The number of piperidine rings is 1. The number of carbonyl (C=O) groups is 1. The van der Waals surface area contributed by atoms with Crippen molar-refractivity contribution in [3.05, 3.63) is 48.0 Å². The van der Waals surface area contributed by atoms with Crippen molar-refractivity contribution in [3.63, 3.8) is 0 Å². The summed E-state index contributed by atoms with van der Waals surface area (Å²) >= 11 is 0. The second kappa shape index (κ2) is 9.02. The number of likely N-dealkylation sites (tertiary alicyclic amines) is 1.